The van der Waals surface area contributed by atoms with Crippen molar-refractivity contribution in [1.29, 1.82) is 0 Å². The normalized spacial score (nSPS) is 12.0. The van der Waals surface area contributed by atoms with Crippen molar-refractivity contribution in [2.45, 2.75) is 27.7 Å². The van der Waals surface area contributed by atoms with Crippen LogP contribution in [0.25, 0.3) is 0 Å². The van der Waals surface area contributed by atoms with Crippen LogP contribution in [-0.4, -0.2) is 145 Å². The van der Waals surface area contributed by atoms with Crippen LogP contribution in [0, 0.1) is 5.41 Å². The molecule has 0 aromatic rings. The lowest BCUT2D eigenvalue weighted by Crippen LogP contribution is -2.17. The first-order valence-electron chi connectivity index (χ1n) is 13.9. The molecule has 0 aromatic heterocycles. The van der Waals surface area contributed by atoms with Gasteiger partial charge in [0.25, 0.3) is 0 Å². The van der Waals surface area contributed by atoms with Gasteiger partial charge in [-0.2, -0.15) is 0 Å². The molecule has 0 aliphatic rings. The number of ether oxygens (including phenoxy) is 11. The monoisotopic (exact) mass is 556 g/mol. The van der Waals surface area contributed by atoms with Crippen LogP contribution in [0.4, 0.5) is 0 Å². The van der Waals surface area contributed by atoms with Gasteiger partial charge < -0.3 is 52.1 Å². The van der Waals surface area contributed by atoms with Gasteiger partial charge in [0.1, 0.15) is 0 Å². The topological polar surface area (TPSA) is 102 Å². The molecule has 0 atom stereocenters. The summed E-state index contributed by atoms with van der Waals surface area (Å²) in [7, 11) is 0. The molecule has 0 amide bonds. The van der Waals surface area contributed by atoms with E-state index in [0.717, 1.165) is 6.61 Å². The summed E-state index contributed by atoms with van der Waals surface area (Å²) in [4.78, 5) is 0. The third-order valence-corrected chi connectivity index (χ3v) is 4.46. The van der Waals surface area contributed by atoms with Gasteiger partial charge >= 0.3 is 0 Å². The summed E-state index contributed by atoms with van der Waals surface area (Å²) in [6, 6.07) is 0. The van der Waals surface area contributed by atoms with E-state index in [0.29, 0.717) is 139 Å². The zero-order chi connectivity index (χ0) is 27.8. The second-order valence-electron chi connectivity index (χ2n) is 9.32. The average molecular weight is 557 g/mol. The van der Waals surface area contributed by atoms with E-state index in [-0.39, 0.29) is 5.41 Å². The van der Waals surface area contributed by atoms with Gasteiger partial charge in [0.15, 0.2) is 0 Å². The van der Waals surface area contributed by atoms with Gasteiger partial charge in [-0.05, 0) is 12.3 Å². The minimum atomic E-state index is 0.187. The molecule has 0 radical (unpaired) electrons. The van der Waals surface area contributed by atoms with Gasteiger partial charge in [0.2, 0.25) is 0 Å². The van der Waals surface area contributed by atoms with E-state index in [4.69, 9.17) is 52.1 Å². The van der Waals surface area contributed by atoms with Gasteiger partial charge in [-0.1, -0.05) is 20.8 Å². The van der Waals surface area contributed by atoms with Gasteiger partial charge in [-0.25, -0.2) is 0 Å². The summed E-state index contributed by atoms with van der Waals surface area (Å²) in [5.41, 5.74) is 0.187. The molecule has 0 spiro atoms. The van der Waals surface area contributed by atoms with E-state index in [1.165, 1.54) is 0 Å². The maximum absolute atomic E-state index is 5.54. The fourth-order valence-electron chi connectivity index (χ4n) is 2.62. The first-order chi connectivity index (χ1) is 18.6. The molecule has 0 bridgehead atoms. The second kappa shape index (κ2) is 31.1. The van der Waals surface area contributed by atoms with Crippen molar-refractivity contribution in [2.75, 3.05) is 145 Å². The predicted octanol–water partition coefficient (Wildman–Crippen LogP) is 2.24. The molecule has 230 valence electrons. The van der Waals surface area contributed by atoms with E-state index in [1.54, 1.807) is 0 Å². The molecule has 0 aliphatic carbocycles. The van der Waals surface area contributed by atoms with Crippen LogP contribution >= 0.6 is 0 Å². The Balaban J connectivity index is 3.04. The first kappa shape index (κ1) is 37.6. The van der Waals surface area contributed by atoms with E-state index in [1.807, 2.05) is 6.92 Å². The van der Waals surface area contributed by atoms with Crippen molar-refractivity contribution < 1.29 is 52.1 Å². The number of hydrogen-bond donors (Lipinski definition) is 0. The SMILES string of the molecule is CCOCCOCCOCCOCCOCCOCCOCCOCCOCCOCCOCC(C)(C)C. The molecule has 38 heavy (non-hydrogen) atoms. The second-order valence-corrected chi connectivity index (χ2v) is 9.32. The van der Waals surface area contributed by atoms with Crippen LogP contribution in [0.5, 0.6) is 0 Å². The molecule has 11 heteroatoms. The Morgan fingerprint density at radius 1 is 0.289 bits per heavy atom. The van der Waals surface area contributed by atoms with Crippen molar-refractivity contribution in [3.63, 3.8) is 0 Å². The molecule has 0 unspecified atom stereocenters. The Morgan fingerprint density at radius 3 is 0.658 bits per heavy atom. The fraction of sp³-hybridized carbons (Fsp3) is 1.00. The van der Waals surface area contributed by atoms with Gasteiger partial charge in [-0.3, -0.25) is 0 Å². The van der Waals surface area contributed by atoms with Crippen molar-refractivity contribution in [1.82, 2.24) is 0 Å². The highest BCUT2D eigenvalue weighted by Gasteiger charge is 2.09. The van der Waals surface area contributed by atoms with Crippen LogP contribution in [0.1, 0.15) is 27.7 Å². The molecule has 0 rings (SSSR count). The lowest BCUT2D eigenvalue weighted by molar-refractivity contribution is -0.0283. The molecular weight excluding hydrogens is 500 g/mol. The zero-order valence-electron chi connectivity index (χ0n) is 24.5. The summed E-state index contributed by atoms with van der Waals surface area (Å²) >= 11 is 0. The van der Waals surface area contributed by atoms with Crippen molar-refractivity contribution in [3.8, 4) is 0 Å². The summed E-state index contributed by atoms with van der Waals surface area (Å²) in [6.07, 6.45) is 0. The number of hydrogen-bond acceptors (Lipinski definition) is 11. The molecule has 0 saturated heterocycles. The van der Waals surface area contributed by atoms with Gasteiger partial charge in [-0.15, -0.1) is 0 Å². The van der Waals surface area contributed by atoms with E-state index >= 15 is 0 Å². The van der Waals surface area contributed by atoms with Crippen molar-refractivity contribution in [2.24, 2.45) is 5.41 Å². The predicted molar refractivity (Wildman–Crippen MR) is 144 cm³/mol. The van der Waals surface area contributed by atoms with Crippen LogP contribution in [0.2, 0.25) is 0 Å². The van der Waals surface area contributed by atoms with Crippen LogP contribution in [0.3, 0.4) is 0 Å². The highest BCUT2D eigenvalue weighted by Crippen LogP contribution is 2.12. The molecular formula is C27H56O11. The highest BCUT2D eigenvalue weighted by atomic mass is 16.6. The molecule has 0 aliphatic heterocycles. The maximum atomic E-state index is 5.54. The van der Waals surface area contributed by atoms with E-state index < -0.39 is 0 Å². The molecule has 0 heterocycles. The fourth-order valence-corrected chi connectivity index (χ4v) is 2.62. The van der Waals surface area contributed by atoms with Gasteiger partial charge in [0.05, 0.1) is 139 Å². The Morgan fingerprint density at radius 2 is 0.474 bits per heavy atom. The van der Waals surface area contributed by atoms with Crippen molar-refractivity contribution >= 4 is 0 Å². The Labute approximate surface area is 230 Å². The van der Waals surface area contributed by atoms with Crippen LogP contribution in [-0.2, 0) is 52.1 Å². The highest BCUT2D eigenvalue weighted by molar-refractivity contribution is 4.58. The largest absolute Gasteiger partial charge is 0.379 e. The Kier molecular flexibility index (Phi) is 30.7. The molecule has 0 aromatic carbocycles. The smallest absolute Gasteiger partial charge is 0.0701 e. The molecule has 0 N–H and O–H groups in total. The van der Waals surface area contributed by atoms with Gasteiger partial charge in [0, 0.05) is 6.61 Å². The third kappa shape index (κ3) is 35.6. The lowest BCUT2D eigenvalue weighted by Gasteiger charge is -2.17. The minimum absolute atomic E-state index is 0.187. The molecule has 11 nitrogen and oxygen atoms in total. The van der Waals surface area contributed by atoms with Crippen LogP contribution in [0.15, 0.2) is 0 Å². The standard InChI is InChI=1S/C27H56O11/c1-5-28-6-7-29-8-9-30-10-11-31-12-13-32-14-15-33-16-17-34-18-19-35-20-21-36-22-23-37-24-25-38-26-27(2,3)4/h5-26H2,1-4H3. The maximum Gasteiger partial charge on any atom is 0.0701 e. The molecule has 0 saturated carbocycles. The lowest BCUT2D eigenvalue weighted by atomic mass is 9.99. The van der Waals surface area contributed by atoms with Crippen molar-refractivity contribution in [3.05, 3.63) is 0 Å². The molecule has 0 fully saturated rings. The summed E-state index contributed by atoms with van der Waals surface area (Å²) in [5.74, 6) is 0. The Hall–Kier alpha value is -0.440. The first-order valence-corrected chi connectivity index (χ1v) is 13.9. The summed E-state index contributed by atoms with van der Waals surface area (Å²) in [6.45, 7) is 20.9. The van der Waals surface area contributed by atoms with E-state index in [9.17, 15) is 0 Å². The average Bonchev–Trinajstić information content (AvgIpc) is 2.88. The van der Waals surface area contributed by atoms with Crippen LogP contribution < -0.4 is 0 Å². The zero-order valence-corrected chi connectivity index (χ0v) is 24.5. The van der Waals surface area contributed by atoms with E-state index in [2.05, 4.69) is 20.8 Å². The quantitative estimate of drug-likeness (QED) is 0.114. The summed E-state index contributed by atoms with van der Waals surface area (Å²) < 4.78 is 59.7. The Bertz CT molecular complexity index is 436. The minimum Gasteiger partial charge on any atom is -0.379 e. The third-order valence-electron chi connectivity index (χ3n) is 4.46. The summed E-state index contributed by atoms with van der Waals surface area (Å²) in [5, 5.41) is 0. The number of rotatable bonds is 32.